The fourth-order valence-corrected chi connectivity index (χ4v) is 3.27. The Hall–Kier alpha value is -3.79. The Labute approximate surface area is 180 Å². The Morgan fingerprint density at radius 3 is 2.81 bits per heavy atom. The van der Waals surface area contributed by atoms with E-state index in [1.54, 1.807) is 24.3 Å². The van der Waals surface area contributed by atoms with Gasteiger partial charge < -0.3 is 20.5 Å². The summed E-state index contributed by atoms with van der Waals surface area (Å²) >= 11 is 5.98. The summed E-state index contributed by atoms with van der Waals surface area (Å²) in [6.07, 6.45) is -0.300. The van der Waals surface area contributed by atoms with Crippen molar-refractivity contribution < 1.29 is 23.3 Å². The molecule has 0 bridgehead atoms. The minimum atomic E-state index is -1.06. The molecule has 2 aromatic carbocycles. The molecule has 1 atom stereocenters. The Morgan fingerprint density at radius 2 is 2.00 bits per heavy atom. The van der Waals surface area contributed by atoms with E-state index in [4.69, 9.17) is 16.1 Å². The molecule has 3 aromatic rings. The number of rotatable bonds is 5. The molecule has 158 valence electrons. The van der Waals surface area contributed by atoms with Gasteiger partial charge >= 0.3 is 0 Å². The van der Waals surface area contributed by atoms with Crippen LogP contribution < -0.4 is 16.0 Å². The molecule has 0 unspecified atom stereocenters. The van der Waals surface area contributed by atoms with Gasteiger partial charge in [-0.15, -0.1) is 0 Å². The number of amides is 3. The van der Waals surface area contributed by atoms with Gasteiger partial charge in [-0.1, -0.05) is 35.0 Å². The molecule has 1 aromatic heterocycles. The maximum Gasteiger partial charge on any atom is 0.254 e. The van der Waals surface area contributed by atoms with Crippen LogP contribution in [0.5, 0.6) is 0 Å². The lowest BCUT2D eigenvalue weighted by molar-refractivity contribution is -0.125. The van der Waals surface area contributed by atoms with E-state index in [9.17, 15) is 18.8 Å². The van der Waals surface area contributed by atoms with Crippen LogP contribution in [0, 0.1) is 5.82 Å². The summed E-state index contributed by atoms with van der Waals surface area (Å²) in [6, 6.07) is 9.62. The Balaban J connectivity index is 1.38. The first-order valence-electron chi connectivity index (χ1n) is 9.17. The summed E-state index contributed by atoms with van der Waals surface area (Å²) in [7, 11) is 0. The molecule has 0 aliphatic carbocycles. The number of aromatic nitrogens is 2. The van der Waals surface area contributed by atoms with E-state index >= 15 is 0 Å². The molecule has 0 fully saturated rings. The number of benzene rings is 2. The van der Waals surface area contributed by atoms with E-state index in [-0.39, 0.29) is 35.3 Å². The van der Waals surface area contributed by atoms with Crippen molar-refractivity contribution in [2.45, 2.75) is 19.0 Å². The molecule has 1 aliphatic heterocycles. The second kappa shape index (κ2) is 8.52. The van der Waals surface area contributed by atoms with Crippen LogP contribution in [0.3, 0.4) is 0 Å². The molecule has 4 rings (SSSR count). The molecule has 1 aliphatic rings. The SMILES string of the molecule is O=C(C[C@@H]1NC(=O)c2ccccc2NC1=O)NCc1nc(-c2c(F)cccc2Cl)no1. The van der Waals surface area contributed by atoms with Crippen LogP contribution >= 0.6 is 11.6 Å². The summed E-state index contributed by atoms with van der Waals surface area (Å²) < 4.78 is 19.0. The first kappa shape index (κ1) is 20.5. The highest BCUT2D eigenvalue weighted by atomic mass is 35.5. The maximum absolute atomic E-state index is 14.0. The van der Waals surface area contributed by atoms with E-state index in [1.165, 1.54) is 18.2 Å². The lowest BCUT2D eigenvalue weighted by Crippen LogP contribution is -2.44. The molecule has 0 saturated heterocycles. The van der Waals surface area contributed by atoms with Crippen molar-refractivity contribution >= 4 is 35.0 Å². The average molecular weight is 444 g/mol. The van der Waals surface area contributed by atoms with Crippen LogP contribution in [-0.2, 0) is 16.1 Å². The van der Waals surface area contributed by atoms with Crippen molar-refractivity contribution in [1.82, 2.24) is 20.8 Å². The highest BCUT2D eigenvalue weighted by Crippen LogP contribution is 2.28. The van der Waals surface area contributed by atoms with Gasteiger partial charge in [0, 0.05) is 0 Å². The van der Waals surface area contributed by atoms with E-state index in [2.05, 4.69) is 26.1 Å². The van der Waals surface area contributed by atoms with E-state index in [0.717, 1.165) is 0 Å². The van der Waals surface area contributed by atoms with Crippen LogP contribution in [0.2, 0.25) is 5.02 Å². The number of halogens is 2. The molecule has 9 nitrogen and oxygen atoms in total. The fourth-order valence-electron chi connectivity index (χ4n) is 3.03. The molecule has 3 N–H and O–H groups in total. The predicted octanol–water partition coefficient (Wildman–Crippen LogP) is 2.29. The number of hydrogen-bond donors (Lipinski definition) is 3. The average Bonchev–Trinajstić information content (AvgIpc) is 3.16. The highest BCUT2D eigenvalue weighted by molar-refractivity contribution is 6.33. The van der Waals surface area contributed by atoms with Gasteiger partial charge in [0.1, 0.15) is 11.9 Å². The third-order valence-corrected chi connectivity index (χ3v) is 4.85. The first-order chi connectivity index (χ1) is 14.9. The number of nitrogens with zero attached hydrogens (tertiary/aromatic N) is 2. The van der Waals surface area contributed by atoms with Gasteiger partial charge in [-0.3, -0.25) is 14.4 Å². The van der Waals surface area contributed by atoms with Crippen molar-refractivity contribution in [3.05, 3.63) is 64.8 Å². The second-order valence-electron chi connectivity index (χ2n) is 6.65. The standard InChI is InChI=1S/C20H15ClFN5O4/c21-11-5-3-6-12(22)17(11)18-26-16(31-27-18)9-23-15(28)8-14-20(30)24-13-7-2-1-4-10(13)19(29)25-14/h1-7,14H,8-9H2,(H,23,28)(H,24,30)(H,25,29)/t14-/m0/s1. The smallest absolute Gasteiger partial charge is 0.254 e. The van der Waals surface area contributed by atoms with Gasteiger partial charge in [0.15, 0.2) is 0 Å². The van der Waals surface area contributed by atoms with Crippen LogP contribution in [0.4, 0.5) is 10.1 Å². The summed E-state index contributed by atoms with van der Waals surface area (Å²) in [6.45, 7) is -0.152. The third-order valence-electron chi connectivity index (χ3n) is 4.53. The van der Waals surface area contributed by atoms with Crippen molar-refractivity contribution in [1.29, 1.82) is 0 Å². The van der Waals surface area contributed by atoms with Crippen LogP contribution in [0.15, 0.2) is 47.0 Å². The van der Waals surface area contributed by atoms with E-state index in [0.29, 0.717) is 11.3 Å². The number of carbonyl (C=O) groups is 3. The molecule has 0 spiro atoms. The summed E-state index contributed by atoms with van der Waals surface area (Å²) in [5.41, 5.74) is 0.671. The largest absolute Gasteiger partial charge is 0.347 e. The number of nitrogens with one attached hydrogen (secondary N) is 3. The van der Waals surface area contributed by atoms with E-state index < -0.39 is 29.6 Å². The van der Waals surface area contributed by atoms with Crippen molar-refractivity contribution in [2.75, 3.05) is 5.32 Å². The summed E-state index contributed by atoms with van der Waals surface area (Å²) in [5, 5.41) is 11.5. The molecular formula is C20H15ClFN5O4. The number of hydrogen-bond acceptors (Lipinski definition) is 6. The second-order valence-corrected chi connectivity index (χ2v) is 7.06. The molecule has 0 saturated carbocycles. The molecule has 11 heteroatoms. The van der Waals surface area contributed by atoms with Gasteiger partial charge in [0.2, 0.25) is 23.5 Å². The van der Waals surface area contributed by atoms with Crippen LogP contribution in [0.1, 0.15) is 22.7 Å². The van der Waals surface area contributed by atoms with Gasteiger partial charge in [0.25, 0.3) is 5.91 Å². The normalized spacial score (nSPS) is 15.5. The lowest BCUT2D eigenvalue weighted by atomic mass is 10.1. The predicted molar refractivity (Wildman–Crippen MR) is 107 cm³/mol. The fraction of sp³-hybridized carbons (Fsp3) is 0.150. The summed E-state index contributed by atoms with van der Waals surface area (Å²) in [4.78, 5) is 41.0. The monoisotopic (exact) mass is 443 g/mol. The van der Waals surface area contributed by atoms with Gasteiger partial charge in [-0.2, -0.15) is 4.98 Å². The topological polar surface area (TPSA) is 126 Å². The molecular weight excluding hydrogens is 429 g/mol. The van der Waals surface area contributed by atoms with Gasteiger partial charge in [-0.05, 0) is 24.3 Å². The number of para-hydroxylation sites is 1. The van der Waals surface area contributed by atoms with Crippen molar-refractivity contribution in [3.8, 4) is 11.4 Å². The number of fused-ring (bicyclic) bond motifs is 1. The highest BCUT2D eigenvalue weighted by Gasteiger charge is 2.29. The third kappa shape index (κ3) is 4.38. The molecule has 0 radical (unpaired) electrons. The molecule has 3 amide bonds. The van der Waals surface area contributed by atoms with Crippen LogP contribution in [-0.4, -0.2) is 33.9 Å². The zero-order valence-corrected chi connectivity index (χ0v) is 16.6. The van der Waals surface area contributed by atoms with Gasteiger partial charge in [-0.25, -0.2) is 4.39 Å². The van der Waals surface area contributed by atoms with Gasteiger partial charge in [0.05, 0.1) is 34.8 Å². The Kier molecular flexibility index (Phi) is 5.63. The zero-order chi connectivity index (χ0) is 22.0. The van der Waals surface area contributed by atoms with E-state index in [1.807, 2.05) is 0 Å². The maximum atomic E-state index is 14.0. The number of anilines is 1. The minimum absolute atomic E-state index is 0.0112. The molecule has 31 heavy (non-hydrogen) atoms. The number of carbonyl (C=O) groups excluding carboxylic acids is 3. The lowest BCUT2D eigenvalue weighted by Gasteiger charge is -2.13. The first-order valence-corrected chi connectivity index (χ1v) is 9.54. The zero-order valence-electron chi connectivity index (χ0n) is 15.8. The van der Waals surface area contributed by atoms with Crippen molar-refractivity contribution in [2.24, 2.45) is 0 Å². The Morgan fingerprint density at radius 1 is 1.19 bits per heavy atom. The van der Waals surface area contributed by atoms with Crippen molar-refractivity contribution in [3.63, 3.8) is 0 Å². The van der Waals surface area contributed by atoms with Crippen LogP contribution in [0.25, 0.3) is 11.4 Å². The molecule has 2 heterocycles. The Bertz CT molecular complexity index is 1160. The minimum Gasteiger partial charge on any atom is -0.347 e. The summed E-state index contributed by atoms with van der Waals surface area (Å²) in [5.74, 6) is -2.15. The quantitative estimate of drug-likeness (QED) is 0.555.